The van der Waals surface area contributed by atoms with Gasteiger partial charge in [0, 0.05) is 0 Å². The molecule has 0 unspecified atom stereocenters. The van der Waals surface area contributed by atoms with Gasteiger partial charge in [-0.1, -0.05) is 13.8 Å². The van der Waals surface area contributed by atoms with Gasteiger partial charge in [0.05, 0.1) is 0 Å². The molecule has 0 bridgehead atoms. The van der Waals surface area contributed by atoms with Crippen LogP contribution in [-0.4, -0.2) is 17.9 Å². The van der Waals surface area contributed by atoms with Gasteiger partial charge in [0.15, 0.2) is 0 Å². The lowest BCUT2D eigenvalue weighted by Crippen LogP contribution is -2.44. The van der Waals surface area contributed by atoms with Crippen LogP contribution in [0.15, 0.2) is 0 Å². The van der Waals surface area contributed by atoms with E-state index in [0.29, 0.717) is 0 Å². The van der Waals surface area contributed by atoms with Crippen LogP contribution in [0.2, 0.25) is 0 Å². The van der Waals surface area contributed by atoms with Gasteiger partial charge in [-0.05, 0) is 12.8 Å². The first-order valence-corrected chi connectivity index (χ1v) is 3.77. The van der Waals surface area contributed by atoms with E-state index in [1.165, 1.54) is 13.8 Å². The zero-order chi connectivity index (χ0) is 9.41. The van der Waals surface area contributed by atoms with E-state index < -0.39 is 17.9 Å². The summed E-state index contributed by atoms with van der Waals surface area (Å²) in [6.07, 6.45) is -4.69. The van der Waals surface area contributed by atoms with Crippen molar-refractivity contribution in [3.05, 3.63) is 0 Å². The van der Waals surface area contributed by atoms with Crippen molar-refractivity contribution >= 4 is 6.16 Å². The Morgan fingerprint density at radius 2 is 1.75 bits per heavy atom. The Morgan fingerprint density at radius 1 is 1.25 bits per heavy atom. The minimum Gasteiger partial charge on any atom is -0.417 e. The maximum atomic E-state index is 12.9. The summed E-state index contributed by atoms with van der Waals surface area (Å²) < 4.78 is 34.1. The highest BCUT2D eigenvalue weighted by molar-refractivity contribution is 5.63. The van der Waals surface area contributed by atoms with Crippen molar-refractivity contribution in [1.82, 2.24) is 0 Å². The Kier molecular flexibility index (Phi) is 1.97. The fraction of sp³-hybridized carbons (Fsp3) is 0.857. The van der Waals surface area contributed by atoms with Crippen molar-refractivity contribution in [2.45, 2.75) is 38.4 Å². The maximum Gasteiger partial charge on any atom is 0.514 e. The molecule has 0 aromatic rings. The minimum atomic E-state index is -3.49. The quantitative estimate of drug-likeness (QED) is 0.611. The highest BCUT2D eigenvalue weighted by Gasteiger charge is 2.64. The van der Waals surface area contributed by atoms with Crippen LogP contribution in [0.4, 0.5) is 13.6 Å². The zero-order valence-electron chi connectivity index (χ0n) is 6.89. The standard InChI is InChI=1S/C7H10F2O3/c1-3-6(4-2)7(8,9)12-5(10)11-6/h3-4H2,1-2H3. The molecule has 0 saturated carbocycles. The highest BCUT2D eigenvalue weighted by Crippen LogP contribution is 2.44. The third-order valence-corrected chi connectivity index (χ3v) is 2.16. The van der Waals surface area contributed by atoms with Crippen LogP contribution in [0.5, 0.6) is 0 Å². The van der Waals surface area contributed by atoms with Gasteiger partial charge >= 0.3 is 12.3 Å². The van der Waals surface area contributed by atoms with E-state index in [1.807, 2.05) is 0 Å². The Bertz CT molecular complexity index is 199. The number of alkyl halides is 2. The fourth-order valence-corrected chi connectivity index (χ4v) is 1.24. The van der Waals surface area contributed by atoms with E-state index in [0.717, 1.165) is 0 Å². The van der Waals surface area contributed by atoms with Gasteiger partial charge in [0.1, 0.15) is 0 Å². The average molecular weight is 180 g/mol. The van der Waals surface area contributed by atoms with Crippen molar-refractivity contribution in [3.8, 4) is 0 Å². The van der Waals surface area contributed by atoms with E-state index in [9.17, 15) is 13.6 Å². The van der Waals surface area contributed by atoms with Crippen molar-refractivity contribution in [3.63, 3.8) is 0 Å². The van der Waals surface area contributed by atoms with Crippen LogP contribution in [0.1, 0.15) is 26.7 Å². The monoisotopic (exact) mass is 180 g/mol. The van der Waals surface area contributed by atoms with Crippen LogP contribution in [-0.2, 0) is 9.47 Å². The van der Waals surface area contributed by atoms with E-state index in [-0.39, 0.29) is 12.8 Å². The number of carbonyl (C=O) groups is 1. The predicted octanol–water partition coefficient (Wildman–Crippen LogP) is 2.30. The molecule has 5 heteroatoms. The van der Waals surface area contributed by atoms with Gasteiger partial charge in [-0.2, -0.15) is 8.78 Å². The van der Waals surface area contributed by atoms with Gasteiger partial charge in [-0.25, -0.2) is 4.79 Å². The van der Waals surface area contributed by atoms with Gasteiger partial charge < -0.3 is 9.47 Å². The second-order valence-electron chi connectivity index (χ2n) is 2.67. The molecular formula is C7H10F2O3. The third-order valence-electron chi connectivity index (χ3n) is 2.16. The molecule has 1 aliphatic rings. The molecule has 0 amide bonds. The summed E-state index contributed by atoms with van der Waals surface area (Å²) in [5.74, 6) is 0. The molecule has 12 heavy (non-hydrogen) atoms. The first-order valence-electron chi connectivity index (χ1n) is 3.77. The summed E-state index contributed by atoms with van der Waals surface area (Å²) in [6.45, 7) is 3.05. The lowest BCUT2D eigenvalue weighted by atomic mass is 9.96. The zero-order valence-corrected chi connectivity index (χ0v) is 6.89. The topological polar surface area (TPSA) is 35.5 Å². The SMILES string of the molecule is CCC1(CC)OC(=O)OC1(F)F. The Labute approximate surface area is 68.6 Å². The van der Waals surface area contributed by atoms with Crippen molar-refractivity contribution in [2.24, 2.45) is 0 Å². The van der Waals surface area contributed by atoms with Crippen molar-refractivity contribution < 1.29 is 23.0 Å². The summed E-state index contributed by atoms with van der Waals surface area (Å²) in [7, 11) is 0. The van der Waals surface area contributed by atoms with E-state index >= 15 is 0 Å². The minimum absolute atomic E-state index is 0.0439. The molecule has 1 aliphatic heterocycles. The van der Waals surface area contributed by atoms with Gasteiger partial charge in [0.25, 0.3) is 0 Å². The fourth-order valence-electron chi connectivity index (χ4n) is 1.24. The van der Waals surface area contributed by atoms with Crippen molar-refractivity contribution in [2.75, 3.05) is 0 Å². The second-order valence-corrected chi connectivity index (χ2v) is 2.67. The molecule has 3 nitrogen and oxygen atoms in total. The number of carbonyl (C=O) groups excluding carboxylic acids is 1. The van der Waals surface area contributed by atoms with E-state index in [2.05, 4.69) is 9.47 Å². The Morgan fingerprint density at radius 3 is 1.92 bits per heavy atom. The van der Waals surface area contributed by atoms with Crippen LogP contribution in [0.3, 0.4) is 0 Å². The molecule has 1 saturated heterocycles. The van der Waals surface area contributed by atoms with Crippen molar-refractivity contribution in [1.29, 1.82) is 0 Å². The summed E-state index contributed by atoms with van der Waals surface area (Å²) in [4.78, 5) is 10.5. The Balaban J connectivity index is 2.94. The molecule has 0 aromatic carbocycles. The molecular weight excluding hydrogens is 170 g/mol. The van der Waals surface area contributed by atoms with Crippen LogP contribution in [0.25, 0.3) is 0 Å². The average Bonchev–Trinajstić information content (AvgIpc) is 2.20. The summed E-state index contributed by atoms with van der Waals surface area (Å²) in [5.41, 5.74) is -1.76. The highest BCUT2D eigenvalue weighted by atomic mass is 19.3. The molecule has 0 aromatic heterocycles. The van der Waals surface area contributed by atoms with Gasteiger partial charge in [-0.15, -0.1) is 0 Å². The van der Waals surface area contributed by atoms with Crippen LogP contribution >= 0.6 is 0 Å². The first-order chi connectivity index (χ1) is 5.47. The molecule has 1 rings (SSSR count). The van der Waals surface area contributed by atoms with E-state index in [4.69, 9.17) is 0 Å². The number of cyclic esters (lactones) is 2. The summed E-state index contributed by atoms with van der Waals surface area (Å²) >= 11 is 0. The number of rotatable bonds is 2. The smallest absolute Gasteiger partial charge is 0.417 e. The maximum absolute atomic E-state index is 12.9. The van der Waals surface area contributed by atoms with Gasteiger partial charge in [0.2, 0.25) is 5.60 Å². The number of hydrogen-bond acceptors (Lipinski definition) is 3. The number of halogens is 2. The Hall–Kier alpha value is -0.870. The van der Waals surface area contributed by atoms with Crippen LogP contribution < -0.4 is 0 Å². The second kappa shape index (κ2) is 2.57. The predicted molar refractivity (Wildman–Crippen MR) is 35.8 cm³/mol. The summed E-state index contributed by atoms with van der Waals surface area (Å²) in [5, 5.41) is 0. The molecule has 70 valence electrons. The van der Waals surface area contributed by atoms with E-state index in [1.54, 1.807) is 0 Å². The molecule has 1 fully saturated rings. The number of hydrogen-bond donors (Lipinski definition) is 0. The molecule has 0 spiro atoms. The largest absolute Gasteiger partial charge is 0.514 e. The molecule has 0 N–H and O–H groups in total. The molecule has 0 atom stereocenters. The van der Waals surface area contributed by atoms with Crippen LogP contribution in [0, 0.1) is 0 Å². The normalized spacial score (nSPS) is 24.8. The third kappa shape index (κ3) is 1.04. The number of ether oxygens (including phenoxy) is 2. The summed E-state index contributed by atoms with van der Waals surface area (Å²) in [6, 6.07) is 0. The lowest BCUT2D eigenvalue weighted by molar-refractivity contribution is -0.242. The lowest BCUT2D eigenvalue weighted by Gasteiger charge is -2.26. The molecule has 1 heterocycles. The first kappa shape index (κ1) is 9.22. The van der Waals surface area contributed by atoms with Gasteiger partial charge in [-0.3, -0.25) is 0 Å². The molecule has 0 aliphatic carbocycles. The molecule has 0 radical (unpaired) electrons.